The van der Waals surface area contributed by atoms with Crippen LogP contribution in [-0.4, -0.2) is 45.1 Å². The lowest BCUT2D eigenvalue weighted by Crippen LogP contribution is -2.59. The summed E-state index contributed by atoms with van der Waals surface area (Å²) in [5, 5.41) is 31.3. The number of rotatable bonds is 1. The van der Waals surface area contributed by atoms with Crippen LogP contribution in [0.3, 0.4) is 0 Å². The molecule has 3 N–H and O–H groups in total. The maximum absolute atomic E-state index is 12.7. The molecule has 5 aliphatic rings. The summed E-state index contributed by atoms with van der Waals surface area (Å²) in [6.45, 7) is 5.77. The van der Waals surface area contributed by atoms with E-state index in [9.17, 15) is 24.9 Å². The molecule has 136 valence electrons. The summed E-state index contributed by atoms with van der Waals surface area (Å²) in [5.41, 5.74) is -1.70. The van der Waals surface area contributed by atoms with Crippen molar-refractivity contribution >= 4 is 11.9 Å². The Kier molecular flexibility index (Phi) is 2.71. The predicted molar refractivity (Wildman–Crippen MR) is 85.2 cm³/mol. The van der Waals surface area contributed by atoms with Gasteiger partial charge in [0.25, 0.3) is 0 Å². The van der Waals surface area contributed by atoms with Gasteiger partial charge in [-0.05, 0) is 43.9 Å². The van der Waals surface area contributed by atoms with E-state index in [1.54, 1.807) is 6.92 Å². The van der Waals surface area contributed by atoms with Crippen molar-refractivity contribution in [2.45, 2.75) is 56.8 Å². The Morgan fingerprint density at radius 1 is 1.28 bits per heavy atom. The second-order valence-corrected chi connectivity index (χ2v) is 9.24. The van der Waals surface area contributed by atoms with Crippen LogP contribution in [0, 0.1) is 34.5 Å². The molecule has 25 heavy (non-hydrogen) atoms. The number of fused-ring (bicyclic) bond motifs is 1. The third kappa shape index (κ3) is 1.44. The predicted octanol–water partition coefficient (Wildman–Crippen LogP) is 1.11. The van der Waals surface area contributed by atoms with Gasteiger partial charge >= 0.3 is 11.9 Å². The Hall–Kier alpha value is -1.40. The molecule has 0 aromatic heterocycles. The summed E-state index contributed by atoms with van der Waals surface area (Å²) in [7, 11) is 0. The van der Waals surface area contributed by atoms with Gasteiger partial charge in [0.05, 0.1) is 18.1 Å². The summed E-state index contributed by atoms with van der Waals surface area (Å²) in [4.78, 5) is 25.2. The Labute approximate surface area is 145 Å². The standard InChI is InChI=1S/C19H24O6/c1-8-5-18-6-9(8)3-4-11(18)19-7-10(20)14(21)17(2,16(24)25-19)13(19)12(18)15(22)23/h9-14,20-21H,1,3-7H2,2H3,(H,22,23)/t9-,10+,11-,12-,13-,14-,17?,18+,19-/m0/s1. The lowest BCUT2D eigenvalue weighted by atomic mass is 9.58. The van der Waals surface area contributed by atoms with Crippen molar-refractivity contribution in [3.8, 4) is 0 Å². The Bertz CT molecular complexity index is 717. The molecule has 6 heteroatoms. The average Bonchev–Trinajstić information content (AvgIpc) is 3.00. The fourth-order valence-electron chi connectivity index (χ4n) is 7.72. The Balaban J connectivity index is 1.76. The Morgan fingerprint density at radius 2 is 2.00 bits per heavy atom. The minimum atomic E-state index is -1.37. The van der Waals surface area contributed by atoms with Gasteiger partial charge in [-0.2, -0.15) is 0 Å². The molecule has 5 rings (SSSR count). The molecule has 1 spiro atoms. The highest BCUT2D eigenvalue weighted by atomic mass is 16.6. The lowest BCUT2D eigenvalue weighted by molar-refractivity contribution is -0.163. The molecule has 1 heterocycles. The molecule has 6 nitrogen and oxygen atoms in total. The van der Waals surface area contributed by atoms with Gasteiger partial charge in [-0.15, -0.1) is 0 Å². The zero-order chi connectivity index (χ0) is 17.9. The third-order valence-corrected chi connectivity index (χ3v) is 8.47. The van der Waals surface area contributed by atoms with Crippen molar-refractivity contribution in [1.29, 1.82) is 0 Å². The number of aliphatic hydroxyl groups is 2. The molecule has 0 aromatic carbocycles. The van der Waals surface area contributed by atoms with Gasteiger partial charge in [0.1, 0.15) is 11.0 Å². The highest BCUT2D eigenvalue weighted by Crippen LogP contribution is 2.77. The van der Waals surface area contributed by atoms with Crippen LogP contribution in [-0.2, 0) is 14.3 Å². The zero-order valence-electron chi connectivity index (χ0n) is 14.3. The second-order valence-electron chi connectivity index (χ2n) is 9.24. The molecule has 0 amide bonds. The van der Waals surface area contributed by atoms with Crippen LogP contribution < -0.4 is 0 Å². The topological polar surface area (TPSA) is 104 Å². The SMILES string of the molecule is C=C1C[C@@]23C[C@@H]1CC[C@@H]2[C@]12C[C@@H](O)[C@H](O)C(C)(C(=O)O1)[C@@H]2[C@H]3C(=O)O. The van der Waals surface area contributed by atoms with Crippen LogP contribution in [0.4, 0.5) is 0 Å². The second kappa shape index (κ2) is 4.29. The van der Waals surface area contributed by atoms with E-state index in [2.05, 4.69) is 6.58 Å². The fourth-order valence-corrected chi connectivity index (χ4v) is 7.72. The number of carboxylic acid groups (broad SMARTS) is 1. The first kappa shape index (κ1) is 15.8. The molecular formula is C19H24O6. The molecule has 1 unspecified atom stereocenters. The van der Waals surface area contributed by atoms with E-state index >= 15 is 0 Å². The number of hydrogen-bond acceptors (Lipinski definition) is 5. The first-order valence-electron chi connectivity index (χ1n) is 9.18. The Morgan fingerprint density at radius 3 is 2.68 bits per heavy atom. The van der Waals surface area contributed by atoms with Crippen LogP contribution in [0.2, 0.25) is 0 Å². The maximum atomic E-state index is 12.7. The summed E-state index contributed by atoms with van der Waals surface area (Å²) in [6, 6.07) is 0. The molecule has 9 atom stereocenters. The van der Waals surface area contributed by atoms with Gasteiger partial charge in [-0.3, -0.25) is 9.59 Å². The monoisotopic (exact) mass is 348 g/mol. The van der Waals surface area contributed by atoms with Crippen molar-refractivity contribution in [3.05, 3.63) is 12.2 Å². The first-order chi connectivity index (χ1) is 11.7. The molecule has 4 aliphatic carbocycles. The van der Waals surface area contributed by atoms with E-state index < -0.39 is 52.4 Å². The molecule has 0 aromatic rings. The van der Waals surface area contributed by atoms with E-state index in [0.717, 1.165) is 24.8 Å². The van der Waals surface area contributed by atoms with Gasteiger partial charge in [-0.25, -0.2) is 0 Å². The number of hydrogen-bond donors (Lipinski definition) is 3. The van der Waals surface area contributed by atoms with Crippen LogP contribution in [0.15, 0.2) is 12.2 Å². The summed E-state index contributed by atoms with van der Waals surface area (Å²) in [5.74, 6) is -2.57. The van der Waals surface area contributed by atoms with Crippen molar-refractivity contribution in [1.82, 2.24) is 0 Å². The smallest absolute Gasteiger partial charge is 0.315 e. The highest BCUT2D eigenvalue weighted by Gasteiger charge is 2.84. The van der Waals surface area contributed by atoms with Gasteiger partial charge in [0.15, 0.2) is 0 Å². The van der Waals surface area contributed by atoms with Gasteiger partial charge in [0.2, 0.25) is 0 Å². The third-order valence-electron chi connectivity index (χ3n) is 8.47. The molecule has 1 saturated heterocycles. The number of carboxylic acids is 1. The largest absolute Gasteiger partial charge is 0.481 e. The van der Waals surface area contributed by atoms with Crippen LogP contribution >= 0.6 is 0 Å². The van der Waals surface area contributed by atoms with Crippen molar-refractivity contribution < 1.29 is 29.6 Å². The van der Waals surface area contributed by atoms with Crippen molar-refractivity contribution in [2.75, 3.05) is 0 Å². The van der Waals surface area contributed by atoms with E-state index in [1.807, 2.05) is 0 Å². The summed E-state index contributed by atoms with van der Waals surface area (Å²) >= 11 is 0. The summed E-state index contributed by atoms with van der Waals surface area (Å²) in [6.07, 6.45) is 0.907. The van der Waals surface area contributed by atoms with E-state index in [4.69, 9.17) is 4.74 Å². The van der Waals surface area contributed by atoms with E-state index in [-0.39, 0.29) is 12.3 Å². The minimum absolute atomic E-state index is 0.0884. The maximum Gasteiger partial charge on any atom is 0.315 e. The fraction of sp³-hybridized carbons (Fsp3) is 0.789. The molecule has 4 bridgehead atoms. The molecular weight excluding hydrogens is 324 g/mol. The molecule has 0 radical (unpaired) electrons. The number of carbonyl (C=O) groups excluding carboxylic acids is 1. The highest BCUT2D eigenvalue weighted by molar-refractivity contribution is 5.85. The van der Waals surface area contributed by atoms with Crippen LogP contribution in [0.1, 0.15) is 39.0 Å². The summed E-state index contributed by atoms with van der Waals surface area (Å²) < 4.78 is 5.92. The van der Waals surface area contributed by atoms with Crippen molar-refractivity contribution in [2.24, 2.45) is 34.5 Å². The number of esters is 1. The van der Waals surface area contributed by atoms with Crippen LogP contribution in [0.5, 0.6) is 0 Å². The average molecular weight is 348 g/mol. The molecule has 4 saturated carbocycles. The first-order valence-corrected chi connectivity index (χ1v) is 9.18. The van der Waals surface area contributed by atoms with Crippen LogP contribution in [0.25, 0.3) is 0 Å². The molecule has 1 aliphatic heterocycles. The number of aliphatic hydroxyl groups excluding tert-OH is 2. The van der Waals surface area contributed by atoms with E-state index in [0.29, 0.717) is 12.3 Å². The number of allylic oxidation sites excluding steroid dienone is 1. The van der Waals surface area contributed by atoms with Crippen molar-refractivity contribution in [3.63, 3.8) is 0 Å². The quantitative estimate of drug-likeness (QED) is 0.484. The zero-order valence-corrected chi connectivity index (χ0v) is 14.3. The van der Waals surface area contributed by atoms with Gasteiger partial charge in [0, 0.05) is 18.3 Å². The lowest BCUT2D eigenvalue weighted by Gasteiger charge is -2.46. The number of ether oxygens (including phenoxy) is 1. The minimum Gasteiger partial charge on any atom is -0.481 e. The number of carbonyl (C=O) groups is 2. The normalized spacial score (nSPS) is 58.7. The number of aliphatic carboxylic acids is 1. The van der Waals surface area contributed by atoms with Gasteiger partial charge in [-0.1, -0.05) is 12.2 Å². The van der Waals surface area contributed by atoms with Gasteiger partial charge < -0.3 is 20.1 Å². The molecule has 5 fully saturated rings. The van der Waals surface area contributed by atoms with E-state index in [1.165, 1.54) is 0 Å².